The monoisotopic (exact) mass is 401 g/mol. The molecule has 0 bridgehead atoms. The van der Waals surface area contributed by atoms with Gasteiger partial charge in [0.25, 0.3) is 0 Å². The Morgan fingerprint density at radius 1 is 1.11 bits per heavy atom. The predicted octanol–water partition coefficient (Wildman–Crippen LogP) is 3.09. The number of anilines is 1. The van der Waals surface area contributed by atoms with Gasteiger partial charge in [-0.15, -0.1) is 16.9 Å². The van der Waals surface area contributed by atoms with Crippen LogP contribution in [0.5, 0.6) is 0 Å². The number of nitrogens with one attached hydrogen (secondary N) is 1. The summed E-state index contributed by atoms with van der Waals surface area (Å²) in [6.07, 6.45) is 6.10. The van der Waals surface area contributed by atoms with Crippen molar-refractivity contribution >= 4 is 29.0 Å². The number of rotatable bonds is 5. The van der Waals surface area contributed by atoms with Crippen molar-refractivity contribution in [2.45, 2.75) is 48.9 Å². The number of benzene rings is 1. The molecule has 1 saturated carbocycles. The molecule has 3 aromatic rings. The summed E-state index contributed by atoms with van der Waals surface area (Å²) >= 11 is 1.70. The topological polar surface area (TPSA) is 81.3 Å². The van der Waals surface area contributed by atoms with Crippen LogP contribution < -0.4 is 11.0 Å². The first-order valence-electron chi connectivity index (χ1n) is 9.27. The number of hydrogen-bond acceptors (Lipinski definition) is 5. The molecule has 0 saturated heterocycles. The van der Waals surface area contributed by atoms with Crippen LogP contribution in [0, 0.1) is 5.82 Å². The van der Waals surface area contributed by atoms with Crippen LogP contribution in [0.3, 0.4) is 0 Å². The predicted molar refractivity (Wildman–Crippen MR) is 105 cm³/mol. The quantitative estimate of drug-likeness (QED) is 0.711. The molecule has 2 aromatic heterocycles. The molecule has 1 fully saturated rings. The number of amides is 1. The molecule has 0 unspecified atom stereocenters. The van der Waals surface area contributed by atoms with Gasteiger partial charge in [-0.2, -0.15) is 9.61 Å². The molecule has 0 atom stereocenters. The normalized spacial score (nSPS) is 15.0. The third kappa shape index (κ3) is 4.24. The van der Waals surface area contributed by atoms with Gasteiger partial charge in [0.1, 0.15) is 17.4 Å². The van der Waals surface area contributed by atoms with Gasteiger partial charge >= 0.3 is 5.69 Å². The zero-order chi connectivity index (χ0) is 19.5. The van der Waals surface area contributed by atoms with E-state index in [9.17, 15) is 14.0 Å². The highest BCUT2D eigenvalue weighted by atomic mass is 32.2. The van der Waals surface area contributed by atoms with E-state index in [1.54, 1.807) is 17.8 Å². The summed E-state index contributed by atoms with van der Waals surface area (Å²) in [5.74, 6) is -0.809. The zero-order valence-electron chi connectivity index (χ0n) is 15.2. The van der Waals surface area contributed by atoms with Gasteiger partial charge in [-0.05, 0) is 49.2 Å². The molecule has 4 rings (SSSR count). The Morgan fingerprint density at radius 2 is 1.86 bits per heavy atom. The molecule has 1 aromatic carbocycles. The van der Waals surface area contributed by atoms with Crippen LogP contribution in [-0.4, -0.2) is 30.6 Å². The minimum absolute atomic E-state index is 0.245. The van der Waals surface area contributed by atoms with E-state index in [0.29, 0.717) is 16.6 Å². The Hall–Kier alpha value is -2.68. The van der Waals surface area contributed by atoms with Crippen molar-refractivity contribution < 1.29 is 9.18 Å². The fourth-order valence-corrected chi connectivity index (χ4v) is 4.47. The van der Waals surface area contributed by atoms with Crippen LogP contribution in [0.1, 0.15) is 32.1 Å². The van der Waals surface area contributed by atoms with Crippen LogP contribution in [0.2, 0.25) is 0 Å². The highest BCUT2D eigenvalue weighted by Crippen LogP contribution is 2.32. The molecule has 1 aliphatic rings. The van der Waals surface area contributed by atoms with Gasteiger partial charge in [0.2, 0.25) is 5.91 Å². The van der Waals surface area contributed by atoms with E-state index in [1.165, 1.54) is 60.9 Å². The average Bonchev–Trinajstić information content (AvgIpc) is 3.00. The number of hydrogen-bond donors (Lipinski definition) is 1. The van der Waals surface area contributed by atoms with E-state index in [-0.39, 0.29) is 12.4 Å². The standard InChI is InChI=1S/C19H20FN5O2S/c20-13-6-8-14(9-7-13)21-17(26)12-24-19(27)25-16(22-24)10-11-18(23-25)28-15-4-2-1-3-5-15/h6-11,15H,1-5,12H2,(H,21,26). The second-order valence-electron chi connectivity index (χ2n) is 6.81. The largest absolute Gasteiger partial charge is 0.367 e. The van der Waals surface area contributed by atoms with Crippen LogP contribution in [0.4, 0.5) is 10.1 Å². The van der Waals surface area contributed by atoms with Crippen LogP contribution in [-0.2, 0) is 11.3 Å². The summed E-state index contributed by atoms with van der Waals surface area (Å²) < 4.78 is 15.3. The molecule has 7 nitrogen and oxygen atoms in total. The van der Waals surface area contributed by atoms with Crippen molar-refractivity contribution in [3.63, 3.8) is 0 Å². The van der Waals surface area contributed by atoms with Crippen LogP contribution in [0.25, 0.3) is 5.65 Å². The maximum Gasteiger partial charge on any atom is 0.367 e. The van der Waals surface area contributed by atoms with Crippen molar-refractivity contribution in [2.24, 2.45) is 0 Å². The van der Waals surface area contributed by atoms with Crippen molar-refractivity contribution in [3.05, 3.63) is 52.7 Å². The van der Waals surface area contributed by atoms with E-state index in [2.05, 4.69) is 15.5 Å². The molecule has 1 amide bonds. The lowest BCUT2D eigenvalue weighted by molar-refractivity contribution is -0.117. The highest BCUT2D eigenvalue weighted by molar-refractivity contribution is 7.99. The second-order valence-corrected chi connectivity index (χ2v) is 8.14. The smallest absolute Gasteiger partial charge is 0.324 e. The summed E-state index contributed by atoms with van der Waals surface area (Å²) in [6.45, 7) is -0.245. The minimum Gasteiger partial charge on any atom is -0.324 e. The SMILES string of the molecule is O=C(Cn1nc2ccc(SC3CCCCC3)nn2c1=O)Nc1ccc(F)cc1. The number of carbonyl (C=O) groups is 1. The summed E-state index contributed by atoms with van der Waals surface area (Å²) in [4.78, 5) is 24.8. The van der Waals surface area contributed by atoms with Gasteiger partial charge in [0, 0.05) is 10.9 Å². The van der Waals surface area contributed by atoms with Gasteiger partial charge in [-0.25, -0.2) is 13.9 Å². The van der Waals surface area contributed by atoms with E-state index in [4.69, 9.17) is 0 Å². The first-order chi connectivity index (χ1) is 13.6. The van der Waals surface area contributed by atoms with Crippen LogP contribution >= 0.6 is 11.8 Å². The van der Waals surface area contributed by atoms with Crippen LogP contribution in [0.15, 0.2) is 46.2 Å². The van der Waals surface area contributed by atoms with Gasteiger partial charge in [0.05, 0.1) is 0 Å². The van der Waals surface area contributed by atoms with Crippen molar-refractivity contribution in [3.8, 4) is 0 Å². The molecule has 28 heavy (non-hydrogen) atoms. The number of carbonyl (C=O) groups excluding carboxylic acids is 1. The maximum absolute atomic E-state index is 12.9. The van der Waals surface area contributed by atoms with E-state index < -0.39 is 11.6 Å². The fraction of sp³-hybridized carbons (Fsp3) is 0.368. The molecule has 0 radical (unpaired) electrons. The second kappa shape index (κ2) is 8.14. The number of halogens is 1. The lowest BCUT2D eigenvalue weighted by Crippen LogP contribution is -2.28. The Labute approximate surface area is 164 Å². The van der Waals surface area contributed by atoms with Gasteiger partial charge in [-0.1, -0.05) is 19.3 Å². The Bertz CT molecular complexity index is 1040. The Morgan fingerprint density at radius 3 is 2.61 bits per heavy atom. The zero-order valence-corrected chi connectivity index (χ0v) is 16.0. The van der Waals surface area contributed by atoms with E-state index in [0.717, 1.165) is 9.71 Å². The molecular weight excluding hydrogens is 381 g/mol. The molecule has 0 spiro atoms. The Kier molecular flexibility index (Phi) is 5.43. The summed E-state index contributed by atoms with van der Waals surface area (Å²) in [6, 6.07) is 9.02. The molecule has 146 valence electrons. The first-order valence-corrected chi connectivity index (χ1v) is 10.2. The summed E-state index contributed by atoms with van der Waals surface area (Å²) in [7, 11) is 0. The lowest BCUT2D eigenvalue weighted by atomic mass is 10.0. The van der Waals surface area contributed by atoms with E-state index in [1.807, 2.05) is 6.07 Å². The molecule has 9 heteroatoms. The first kappa shape index (κ1) is 18.7. The number of nitrogens with zero attached hydrogens (tertiary/aromatic N) is 4. The minimum atomic E-state index is -0.463. The third-order valence-electron chi connectivity index (χ3n) is 4.68. The molecule has 0 aliphatic heterocycles. The summed E-state index contributed by atoms with van der Waals surface area (Å²) in [5.41, 5.74) is 0.385. The number of fused-ring (bicyclic) bond motifs is 1. The fourth-order valence-electron chi connectivity index (χ4n) is 3.28. The maximum atomic E-state index is 12.9. The molecular formula is C19H20FN5O2S. The third-order valence-corrected chi connectivity index (χ3v) is 5.94. The molecule has 1 N–H and O–H groups in total. The lowest BCUT2D eigenvalue weighted by Gasteiger charge is -2.20. The van der Waals surface area contributed by atoms with Crippen molar-refractivity contribution in [1.82, 2.24) is 19.4 Å². The van der Waals surface area contributed by atoms with Gasteiger partial charge in [0.15, 0.2) is 5.65 Å². The van der Waals surface area contributed by atoms with Crippen molar-refractivity contribution in [1.29, 1.82) is 0 Å². The number of aromatic nitrogens is 4. The average molecular weight is 401 g/mol. The van der Waals surface area contributed by atoms with Gasteiger partial charge < -0.3 is 5.32 Å². The molecule has 1 aliphatic carbocycles. The Balaban J connectivity index is 1.48. The highest BCUT2D eigenvalue weighted by Gasteiger charge is 2.17. The number of thioether (sulfide) groups is 1. The van der Waals surface area contributed by atoms with E-state index >= 15 is 0 Å². The van der Waals surface area contributed by atoms with Crippen molar-refractivity contribution in [2.75, 3.05) is 5.32 Å². The summed E-state index contributed by atoms with van der Waals surface area (Å²) in [5, 5.41) is 12.5. The van der Waals surface area contributed by atoms with Gasteiger partial charge in [-0.3, -0.25) is 4.79 Å². The molecule has 2 heterocycles.